The number of halogens is 2. The molecule has 2 aromatic carbocycles. The lowest BCUT2D eigenvalue weighted by Gasteiger charge is -2.08. The molecule has 4 nitrogen and oxygen atoms in total. The number of benzene rings is 2. The van der Waals surface area contributed by atoms with Gasteiger partial charge in [0.05, 0.1) is 11.0 Å². The maximum atomic E-state index is 13.7. The van der Waals surface area contributed by atoms with E-state index in [2.05, 4.69) is 0 Å². The van der Waals surface area contributed by atoms with E-state index in [0.717, 1.165) is 6.07 Å². The molecule has 0 unspecified atom stereocenters. The fourth-order valence-electron chi connectivity index (χ4n) is 1.55. The summed E-state index contributed by atoms with van der Waals surface area (Å²) < 4.78 is 31.6. The molecule has 6 heteroatoms. The molecule has 0 spiro atoms. The number of hydrogen-bond acceptors (Lipinski definition) is 3. The molecule has 0 saturated carbocycles. The summed E-state index contributed by atoms with van der Waals surface area (Å²) in [6.07, 6.45) is 0. The third-order valence-corrected chi connectivity index (χ3v) is 2.49. The molecule has 0 N–H and O–H groups in total. The summed E-state index contributed by atoms with van der Waals surface area (Å²) in [6.45, 7) is 1.48. The molecular formula is C13H9F2NO3. The Morgan fingerprint density at radius 2 is 1.79 bits per heavy atom. The average Bonchev–Trinajstić information content (AvgIpc) is 2.35. The molecule has 2 aromatic rings. The number of rotatable bonds is 3. The van der Waals surface area contributed by atoms with E-state index in [0.29, 0.717) is 0 Å². The Morgan fingerprint density at radius 1 is 1.16 bits per heavy atom. The summed E-state index contributed by atoms with van der Waals surface area (Å²) in [4.78, 5) is 9.97. The number of nitrogens with zero attached hydrogens (tertiary/aromatic N) is 1. The molecule has 0 amide bonds. The van der Waals surface area contributed by atoms with Crippen LogP contribution in [0.25, 0.3) is 0 Å². The van der Waals surface area contributed by atoms with Crippen molar-refractivity contribution in [2.45, 2.75) is 6.92 Å². The zero-order valence-corrected chi connectivity index (χ0v) is 9.89. The second-order valence-corrected chi connectivity index (χ2v) is 3.88. The zero-order chi connectivity index (χ0) is 14.0. The maximum Gasteiger partial charge on any atom is 0.275 e. The third-order valence-electron chi connectivity index (χ3n) is 2.49. The Bertz CT molecular complexity index is 627. The predicted octanol–water partition coefficient (Wildman–Crippen LogP) is 3.97. The molecule has 0 atom stereocenters. The van der Waals surface area contributed by atoms with E-state index in [4.69, 9.17) is 4.74 Å². The number of hydrogen-bond donors (Lipinski definition) is 0. The van der Waals surface area contributed by atoms with E-state index in [1.165, 1.54) is 37.3 Å². The van der Waals surface area contributed by atoms with Gasteiger partial charge in [-0.3, -0.25) is 10.1 Å². The highest BCUT2D eigenvalue weighted by Gasteiger charge is 2.16. The van der Waals surface area contributed by atoms with Gasteiger partial charge in [-0.1, -0.05) is 0 Å². The second kappa shape index (κ2) is 5.01. The SMILES string of the molecule is Cc1cc(Oc2ccc(F)cc2)c(F)cc1[N+](=O)[O-]. The summed E-state index contributed by atoms with van der Waals surface area (Å²) in [6, 6.07) is 7.05. The molecule has 0 fully saturated rings. The fraction of sp³-hybridized carbons (Fsp3) is 0.0769. The molecule has 0 radical (unpaired) electrons. The second-order valence-electron chi connectivity index (χ2n) is 3.88. The largest absolute Gasteiger partial charge is 0.454 e. The van der Waals surface area contributed by atoms with E-state index in [1.807, 2.05) is 0 Å². The minimum Gasteiger partial charge on any atom is -0.454 e. The molecule has 0 saturated heterocycles. The quantitative estimate of drug-likeness (QED) is 0.623. The van der Waals surface area contributed by atoms with Crippen LogP contribution in [-0.2, 0) is 0 Å². The minimum atomic E-state index is -0.846. The van der Waals surface area contributed by atoms with Gasteiger partial charge in [0.25, 0.3) is 5.69 Å². The first-order chi connectivity index (χ1) is 8.97. The Balaban J connectivity index is 2.33. The molecule has 0 aromatic heterocycles. The van der Waals surface area contributed by atoms with Crippen LogP contribution in [0.5, 0.6) is 11.5 Å². The van der Waals surface area contributed by atoms with Gasteiger partial charge < -0.3 is 4.74 Å². The first-order valence-electron chi connectivity index (χ1n) is 5.35. The topological polar surface area (TPSA) is 52.4 Å². The van der Waals surface area contributed by atoms with Crippen LogP contribution in [0.4, 0.5) is 14.5 Å². The van der Waals surface area contributed by atoms with E-state index in [9.17, 15) is 18.9 Å². The number of nitro groups is 1. The van der Waals surface area contributed by atoms with Crippen LogP contribution in [0.15, 0.2) is 36.4 Å². The van der Waals surface area contributed by atoms with Gasteiger partial charge in [0.2, 0.25) is 0 Å². The van der Waals surface area contributed by atoms with Crippen LogP contribution < -0.4 is 4.74 Å². The first kappa shape index (κ1) is 12.9. The van der Waals surface area contributed by atoms with Crippen LogP contribution in [0.3, 0.4) is 0 Å². The minimum absolute atomic E-state index is 0.144. The normalized spacial score (nSPS) is 10.3. The molecular weight excluding hydrogens is 256 g/mol. The van der Waals surface area contributed by atoms with Crippen LogP contribution in [0, 0.1) is 28.7 Å². The van der Waals surface area contributed by atoms with E-state index < -0.39 is 16.6 Å². The Hall–Kier alpha value is -2.50. The number of ether oxygens (including phenoxy) is 1. The van der Waals surface area contributed by atoms with Crippen molar-refractivity contribution in [3.8, 4) is 11.5 Å². The van der Waals surface area contributed by atoms with E-state index >= 15 is 0 Å². The molecule has 0 aliphatic rings. The highest BCUT2D eigenvalue weighted by molar-refractivity contribution is 5.46. The summed E-state index contributed by atoms with van der Waals surface area (Å²) >= 11 is 0. The van der Waals surface area contributed by atoms with Crippen molar-refractivity contribution < 1.29 is 18.4 Å². The summed E-state index contributed by atoms with van der Waals surface area (Å²) in [5.74, 6) is -1.18. The van der Waals surface area contributed by atoms with Crippen molar-refractivity contribution in [2.75, 3.05) is 0 Å². The monoisotopic (exact) mass is 265 g/mol. The van der Waals surface area contributed by atoms with Crippen LogP contribution in [-0.4, -0.2) is 4.92 Å². The van der Waals surface area contributed by atoms with Gasteiger partial charge in [0.1, 0.15) is 11.6 Å². The molecule has 0 bridgehead atoms. The first-order valence-corrected chi connectivity index (χ1v) is 5.35. The van der Waals surface area contributed by atoms with E-state index in [1.54, 1.807) is 0 Å². The Kier molecular flexibility index (Phi) is 3.41. The molecule has 98 valence electrons. The van der Waals surface area contributed by atoms with Crippen molar-refractivity contribution in [1.82, 2.24) is 0 Å². The lowest BCUT2D eigenvalue weighted by atomic mass is 10.2. The van der Waals surface area contributed by atoms with Crippen LogP contribution >= 0.6 is 0 Å². The standard InChI is InChI=1S/C13H9F2NO3/c1-8-6-13(11(15)7-12(8)16(17)18)19-10-4-2-9(14)3-5-10/h2-7H,1H3. The van der Waals surface area contributed by atoms with Crippen molar-refractivity contribution in [1.29, 1.82) is 0 Å². The zero-order valence-electron chi connectivity index (χ0n) is 9.89. The Morgan fingerprint density at radius 3 is 2.37 bits per heavy atom. The van der Waals surface area contributed by atoms with Crippen molar-refractivity contribution in [3.05, 3.63) is 63.7 Å². The van der Waals surface area contributed by atoms with Gasteiger partial charge in [-0.2, -0.15) is 0 Å². The lowest BCUT2D eigenvalue weighted by molar-refractivity contribution is -0.385. The van der Waals surface area contributed by atoms with Crippen molar-refractivity contribution in [2.24, 2.45) is 0 Å². The Labute approximate surface area is 107 Å². The highest BCUT2D eigenvalue weighted by atomic mass is 19.1. The van der Waals surface area contributed by atoms with Crippen molar-refractivity contribution >= 4 is 5.69 Å². The average molecular weight is 265 g/mol. The molecule has 0 heterocycles. The predicted molar refractivity (Wildman–Crippen MR) is 64.3 cm³/mol. The number of nitro benzene ring substituents is 1. The van der Waals surface area contributed by atoms with Crippen LogP contribution in [0.2, 0.25) is 0 Å². The van der Waals surface area contributed by atoms with Crippen LogP contribution in [0.1, 0.15) is 5.56 Å². The molecule has 0 aliphatic heterocycles. The van der Waals surface area contributed by atoms with E-state index in [-0.39, 0.29) is 22.7 Å². The lowest BCUT2D eigenvalue weighted by Crippen LogP contribution is -1.96. The highest BCUT2D eigenvalue weighted by Crippen LogP contribution is 2.30. The maximum absolute atomic E-state index is 13.7. The van der Waals surface area contributed by atoms with Gasteiger partial charge in [0.15, 0.2) is 11.6 Å². The van der Waals surface area contributed by atoms with Gasteiger partial charge in [0, 0.05) is 5.56 Å². The summed E-state index contributed by atoms with van der Waals surface area (Å²) in [5, 5.41) is 10.6. The van der Waals surface area contributed by atoms with Gasteiger partial charge >= 0.3 is 0 Å². The summed E-state index contributed by atoms with van der Waals surface area (Å²) in [7, 11) is 0. The molecule has 0 aliphatic carbocycles. The molecule has 2 rings (SSSR count). The third kappa shape index (κ3) is 2.85. The summed E-state index contributed by atoms with van der Waals surface area (Å²) in [5.41, 5.74) is -0.0348. The van der Waals surface area contributed by atoms with Gasteiger partial charge in [-0.05, 0) is 37.3 Å². The van der Waals surface area contributed by atoms with Gasteiger partial charge in [-0.15, -0.1) is 0 Å². The van der Waals surface area contributed by atoms with Gasteiger partial charge in [-0.25, -0.2) is 8.78 Å². The smallest absolute Gasteiger partial charge is 0.275 e. The van der Waals surface area contributed by atoms with Crippen molar-refractivity contribution in [3.63, 3.8) is 0 Å². The fourth-order valence-corrected chi connectivity index (χ4v) is 1.55. The molecule has 19 heavy (non-hydrogen) atoms. The number of aryl methyl sites for hydroxylation is 1.